The van der Waals surface area contributed by atoms with Gasteiger partial charge >= 0.3 is 0 Å². The maximum absolute atomic E-state index is 15.5. The molecule has 3 aliphatic carbocycles. The number of alkyl halides is 1. The van der Waals surface area contributed by atoms with Crippen LogP contribution >= 0.6 is 11.6 Å². The molecule has 36 heavy (non-hydrogen) atoms. The van der Waals surface area contributed by atoms with Crippen LogP contribution in [0.4, 0.5) is 16.0 Å². The molecule has 190 valence electrons. The zero-order valence-electron chi connectivity index (χ0n) is 20.2. The highest BCUT2D eigenvalue weighted by Gasteiger charge is 2.59. The van der Waals surface area contributed by atoms with Gasteiger partial charge in [-0.25, -0.2) is 19.0 Å². The molecule has 10 heteroatoms. The van der Waals surface area contributed by atoms with Gasteiger partial charge in [0.1, 0.15) is 6.17 Å². The van der Waals surface area contributed by atoms with Crippen LogP contribution in [0, 0.1) is 12.8 Å². The van der Waals surface area contributed by atoms with E-state index in [1.807, 2.05) is 28.6 Å². The van der Waals surface area contributed by atoms with E-state index in [0.717, 1.165) is 53.8 Å². The second kappa shape index (κ2) is 8.34. The molecule has 3 saturated carbocycles. The molecule has 2 aromatic heterocycles. The summed E-state index contributed by atoms with van der Waals surface area (Å²) >= 11 is 6.66. The predicted molar refractivity (Wildman–Crippen MR) is 135 cm³/mol. The van der Waals surface area contributed by atoms with Gasteiger partial charge in [0, 0.05) is 24.0 Å². The van der Waals surface area contributed by atoms with Crippen molar-refractivity contribution >= 4 is 34.1 Å². The summed E-state index contributed by atoms with van der Waals surface area (Å²) < 4.78 is 22.8. The predicted octanol–water partition coefficient (Wildman–Crippen LogP) is 3.93. The Kier molecular flexibility index (Phi) is 5.29. The van der Waals surface area contributed by atoms with Crippen molar-refractivity contribution < 1.29 is 14.2 Å². The molecule has 4 heterocycles. The highest BCUT2D eigenvalue weighted by atomic mass is 35.5. The van der Waals surface area contributed by atoms with Gasteiger partial charge in [-0.05, 0) is 68.3 Å². The fourth-order valence-corrected chi connectivity index (χ4v) is 7.01. The minimum atomic E-state index is -1.02. The molecule has 0 amide bonds. The van der Waals surface area contributed by atoms with Crippen molar-refractivity contribution in [1.82, 2.24) is 24.6 Å². The van der Waals surface area contributed by atoms with E-state index in [0.29, 0.717) is 43.0 Å². The third-order valence-electron chi connectivity index (χ3n) is 8.84. The van der Waals surface area contributed by atoms with E-state index in [2.05, 4.69) is 15.4 Å². The third-order valence-corrected chi connectivity index (χ3v) is 9.21. The van der Waals surface area contributed by atoms with Crippen molar-refractivity contribution in [2.45, 2.75) is 62.4 Å². The normalized spacial score (nSPS) is 33.9. The average molecular weight is 513 g/mol. The summed E-state index contributed by atoms with van der Waals surface area (Å²) in [6.07, 6.45) is 6.12. The quantitative estimate of drug-likeness (QED) is 0.535. The van der Waals surface area contributed by atoms with Gasteiger partial charge in [0.2, 0.25) is 5.95 Å². The molecule has 4 atom stereocenters. The number of ether oxygens (including phenoxy) is 1. The van der Waals surface area contributed by atoms with Crippen LogP contribution in [0.2, 0.25) is 5.15 Å². The summed E-state index contributed by atoms with van der Waals surface area (Å²) in [7, 11) is 0. The lowest BCUT2D eigenvalue weighted by atomic mass is 9.50. The van der Waals surface area contributed by atoms with Crippen molar-refractivity contribution in [3.05, 3.63) is 40.8 Å². The molecular weight excluding hydrogens is 483 g/mol. The van der Waals surface area contributed by atoms with Crippen molar-refractivity contribution in [2.24, 2.45) is 5.92 Å². The molecule has 2 saturated heterocycles. The number of hydrogen-bond acceptors (Lipinski definition) is 7. The Hall–Kier alpha value is -2.33. The van der Waals surface area contributed by atoms with Crippen LogP contribution in [0.15, 0.2) is 24.5 Å². The highest BCUT2D eigenvalue weighted by Crippen LogP contribution is 2.63. The Morgan fingerprint density at radius 2 is 2.06 bits per heavy atom. The number of aryl methyl sites for hydroxylation is 1. The molecule has 8 rings (SSSR count). The number of likely N-dealkylation sites (tertiary alicyclic amines) is 1. The van der Waals surface area contributed by atoms with Crippen molar-refractivity contribution in [3.63, 3.8) is 0 Å². The van der Waals surface area contributed by atoms with Gasteiger partial charge in [-0.3, -0.25) is 4.90 Å². The Balaban J connectivity index is 1.12. The standard InChI is InChI=1S/C26H30ClFN6O2/c1-14-4-16-9-29-25(32-21-10-30-34(24(21)27)26-6-15(7-26)8-26)31-20(16)5-18(14)17-2-3-33(11-19(17)28)22-12-36-13-23(22)35/h4-5,9-10,15,17,19,22-23,35H,2-3,6-8,11-13H2,1H3,(H,29,31,32)/t15?,17-,19+,22-,23+,26?/m1/s1. The summed E-state index contributed by atoms with van der Waals surface area (Å²) in [5.41, 5.74) is 3.60. The summed E-state index contributed by atoms with van der Waals surface area (Å²) in [6.45, 7) is 3.84. The number of aliphatic hydroxyl groups is 1. The summed E-state index contributed by atoms with van der Waals surface area (Å²) in [6, 6.07) is 3.93. The number of aliphatic hydroxyl groups excluding tert-OH is 1. The van der Waals surface area contributed by atoms with Crippen LogP contribution in [0.3, 0.4) is 0 Å². The Morgan fingerprint density at radius 3 is 2.75 bits per heavy atom. The van der Waals surface area contributed by atoms with E-state index in [9.17, 15) is 5.11 Å². The van der Waals surface area contributed by atoms with Crippen LogP contribution < -0.4 is 5.32 Å². The smallest absolute Gasteiger partial charge is 0.227 e. The first-order chi connectivity index (χ1) is 17.4. The Bertz CT molecular complexity index is 1320. The van der Waals surface area contributed by atoms with Crippen molar-refractivity contribution in [3.8, 4) is 0 Å². The minimum absolute atomic E-state index is 0.111. The fourth-order valence-electron chi connectivity index (χ4n) is 6.69. The SMILES string of the molecule is Cc1cc2cnc(Nc3cnn(C45CC(C4)C5)c3Cl)nc2cc1[C@H]1CCN([C@@H]2COC[C@@H]2O)C[C@@H]1F. The maximum Gasteiger partial charge on any atom is 0.227 e. The number of hydrogen-bond donors (Lipinski definition) is 2. The van der Waals surface area contributed by atoms with Crippen LogP contribution in [0.5, 0.6) is 0 Å². The number of rotatable bonds is 5. The minimum Gasteiger partial charge on any atom is -0.389 e. The fraction of sp³-hybridized carbons (Fsp3) is 0.577. The van der Waals surface area contributed by atoms with E-state index in [1.165, 1.54) is 0 Å². The Labute approximate surface area is 213 Å². The summed E-state index contributed by atoms with van der Waals surface area (Å²) in [4.78, 5) is 11.3. The molecule has 5 fully saturated rings. The highest BCUT2D eigenvalue weighted by molar-refractivity contribution is 6.32. The number of aromatic nitrogens is 4. The summed E-state index contributed by atoms with van der Waals surface area (Å²) in [5.74, 6) is 1.07. The van der Waals surface area contributed by atoms with Gasteiger partial charge in [0.15, 0.2) is 5.15 Å². The van der Waals surface area contributed by atoms with Gasteiger partial charge in [-0.1, -0.05) is 11.6 Å². The number of nitrogens with zero attached hydrogens (tertiary/aromatic N) is 5. The van der Waals surface area contributed by atoms with Gasteiger partial charge in [0.05, 0.1) is 48.3 Å². The lowest BCUT2D eigenvalue weighted by Gasteiger charge is -2.61. The van der Waals surface area contributed by atoms with Crippen LogP contribution in [-0.4, -0.2) is 74.4 Å². The maximum atomic E-state index is 15.5. The van der Waals surface area contributed by atoms with E-state index >= 15 is 4.39 Å². The largest absolute Gasteiger partial charge is 0.389 e. The lowest BCUT2D eigenvalue weighted by Crippen LogP contribution is -2.59. The summed E-state index contributed by atoms with van der Waals surface area (Å²) in [5, 5.41) is 19.4. The number of piperidine rings is 1. The lowest BCUT2D eigenvalue weighted by molar-refractivity contribution is -0.0975. The number of nitrogens with one attached hydrogen (secondary N) is 1. The van der Waals surface area contributed by atoms with Crippen LogP contribution in [-0.2, 0) is 10.3 Å². The van der Waals surface area contributed by atoms with Crippen molar-refractivity contribution in [2.75, 3.05) is 31.6 Å². The molecular formula is C26H30ClFN6O2. The Morgan fingerprint density at radius 1 is 1.22 bits per heavy atom. The molecule has 0 spiro atoms. The topological polar surface area (TPSA) is 88.3 Å². The second-order valence-corrected chi connectivity index (χ2v) is 11.5. The van der Waals surface area contributed by atoms with Gasteiger partial charge in [-0.2, -0.15) is 5.10 Å². The van der Waals surface area contributed by atoms with E-state index in [4.69, 9.17) is 21.3 Å². The van der Waals surface area contributed by atoms with Gasteiger partial charge in [-0.15, -0.1) is 0 Å². The third kappa shape index (κ3) is 3.55. The number of halogens is 2. The van der Waals surface area contributed by atoms with E-state index < -0.39 is 12.3 Å². The number of fused-ring (bicyclic) bond motifs is 1. The second-order valence-electron chi connectivity index (χ2n) is 11.1. The molecule has 2 aliphatic heterocycles. The van der Waals surface area contributed by atoms with Gasteiger partial charge in [0.25, 0.3) is 0 Å². The van der Waals surface area contributed by atoms with Crippen molar-refractivity contribution in [1.29, 1.82) is 0 Å². The zero-order valence-corrected chi connectivity index (χ0v) is 21.0. The molecule has 2 N–H and O–H groups in total. The first kappa shape index (κ1) is 22.8. The van der Waals surface area contributed by atoms with E-state index in [1.54, 1.807) is 12.4 Å². The number of anilines is 2. The molecule has 1 aromatic carbocycles. The molecule has 0 radical (unpaired) electrons. The van der Waals surface area contributed by atoms with E-state index in [-0.39, 0.29) is 17.5 Å². The molecule has 2 bridgehead atoms. The first-order valence-electron chi connectivity index (χ1n) is 12.8. The average Bonchev–Trinajstić information content (AvgIpc) is 3.38. The van der Waals surface area contributed by atoms with Crippen LogP contribution in [0.1, 0.15) is 42.7 Å². The van der Waals surface area contributed by atoms with Crippen LogP contribution in [0.25, 0.3) is 10.9 Å². The van der Waals surface area contributed by atoms with Gasteiger partial charge < -0.3 is 15.2 Å². The number of benzene rings is 1. The monoisotopic (exact) mass is 512 g/mol. The molecule has 0 unspecified atom stereocenters. The molecule has 5 aliphatic rings. The molecule has 8 nitrogen and oxygen atoms in total. The first-order valence-corrected chi connectivity index (χ1v) is 13.2. The zero-order chi connectivity index (χ0) is 24.6. The molecule has 3 aromatic rings.